The van der Waals surface area contributed by atoms with Gasteiger partial charge in [0.25, 0.3) is 0 Å². The molecule has 0 bridgehead atoms. The Hall–Kier alpha value is -9.76. The molecule has 0 fully saturated rings. The van der Waals surface area contributed by atoms with E-state index in [9.17, 15) is 0 Å². The zero-order chi connectivity index (χ0) is 54.5. The summed E-state index contributed by atoms with van der Waals surface area (Å²) in [6.07, 6.45) is 0. The van der Waals surface area contributed by atoms with E-state index in [1.54, 1.807) is 0 Å². The molecule has 0 amide bonds. The molecule has 12 aromatic rings. The first-order valence-corrected chi connectivity index (χ1v) is 28.5. The lowest BCUT2D eigenvalue weighted by Crippen LogP contribution is -2.28. The molecule has 0 saturated carbocycles. The molecule has 1 atom stereocenters. The molecule has 0 N–H and O–H groups in total. The first-order chi connectivity index (χ1) is 39.7. The van der Waals surface area contributed by atoms with Crippen molar-refractivity contribution in [2.24, 2.45) is 0 Å². The summed E-state index contributed by atoms with van der Waals surface area (Å²) < 4.78 is 0. The van der Waals surface area contributed by atoms with Crippen LogP contribution in [0.2, 0.25) is 0 Å². The normalized spacial score (nSPS) is 15.4. The molecule has 3 aliphatic rings. The van der Waals surface area contributed by atoms with Gasteiger partial charge in [0.2, 0.25) is 0 Å². The molecule has 0 radical (unpaired) electrons. The SMILES string of the molecule is CC1(C)c2ccccc2-c2ccc(N(c3ccccc3)c3ccc(-c4cccc5c4-c4ccc(N(c6ccccc6)c6ccc7c(c6)C(C)(C)c6ccccc6-7)cc4C5(c4ccccc4)c4ccc(-c5ccccc5)cc4)cc3)cc21. The molecule has 0 heterocycles. The standard InChI is InChI=1S/C79H60N2/c1-77(2)70-33-19-17-30-65(70)67-47-44-61(50-73(67)77)80(58-26-13-7-14-27-58)60-42-38-55(39-43-60)64-32-21-35-72-76(64)69-49-46-63(52-75(69)79(72,56-24-11-6-12-25-56)57-40-36-54(37-41-57)53-22-9-5-10-23-53)81(59-28-15-8-16-29-59)62-45-48-68-66-31-18-20-34-71(66)78(3,4)74(68)51-62/h5-52H,1-4H3. The zero-order valence-electron chi connectivity index (χ0n) is 46.1. The average molecular weight is 1040 g/mol. The summed E-state index contributed by atoms with van der Waals surface area (Å²) in [5, 5.41) is 0. The Kier molecular flexibility index (Phi) is 11.2. The molecule has 0 aliphatic heterocycles. The fourth-order valence-electron chi connectivity index (χ4n) is 14.3. The lowest BCUT2D eigenvalue weighted by Gasteiger charge is -2.35. The van der Waals surface area contributed by atoms with Crippen LogP contribution in [0.25, 0.3) is 55.6 Å². The van der Waals surface area contributed by atoms with Crippen molar-refractivity contribution in [2.45, 2.75) is 43.9 Å². The van der Waals surface area contributed by atoms with Gasteiger partial charge in [0.1, 0.15) is 0 Å². The maximum Gasteiger partial charge on any atom is 0.0714 e. The van der Waals surface area contributed by atoms with Gasteiger partial charge in [-0.3, -0.25) is 0 Å². The molecule has 81 heavy (non-hydrogen) atoms. The highest BCUT2D eigenvalue weighted by Gasteiger charge is 2.48. The van der Waals surface area contributed by atoms with Crippen molar-refractivity contribution in [1.82, 2.24) is 0 Å². The van der Waals surface area contributed by atoms with E-state index < -0.39 is 5.41 Å². The van der Waals surface area contributed by atoms with Crippen LogP contribution in [-0.4, -0.2) is 0 Å². The topological polar surface area (TPSA) is 6.48 Å². The van der Waals surface area contributed by atoms with Crippen LogP contribution in [0, 0.1) is 0 Å². The van der Waals surface area contributed by atoms with Crippen LogP contribution in [0.4, 0.5) is 34.1 Å². The van der Waals surface area contributed by atoms with Gasteiger partial charge in [-0.2, -0.15) is 0 Å². The summed E-state index contributed by atoms with van der Waals surface area (Å²) in [4.78, 5) is 4.88. The van der Waals surface area contributed by atoms with Crippen LogP contribution in [-0.2, 0) is 16.2 Å². The lowest BCUT2D eigenvalue weighted by atomic mass is 9.67. The van der Waals surface area contributed by atoms with Gasteiger partial charge in [-0.05, 0) is 173 Å². The van der Waals surface area contributed by atoms with Crippen molar-refractivity contribution < 1.29 is 0 Å². The molecule has 386 valence electrons. The highest BCUT2D eigenvalue weighted by molar-refractivity contribution is 5.98. The third-order valence-corrected chi connectivity index (χ3v) is 18.2. The van der Waals surface area contributed by atoms with E-state index in [0.29, 0.717) is 0 Å². The minimum Gasteiger partial charge on any atom is -0.310 e. The van der Waals surface area contributed by atoms with E-state index in [0.717, 1.165) is 34.1 Å². The van der Waals surface area contributed by atoms with E-state index in [-0.39, 0.29) is 10.8 Å². The molecule has 12 aromatic carbocycles. The van der Waals surface area contributed by atoms with E-state index in [1.165, 1.54) is 100 Å². The fraction of sp³-hybridized carbons (Fsp3) is 0.0886. The Labute approximate surface area is 476 Å². The van der Waals surface area contributed by atoms with Crippen LogP contribution < -0.4 is 9.80 Å². The molecule has 3 aliphatic carbocycles. The third kappa shape index (κ3) is 7.47. The summed E-state index contributed by atoms with van der Waals surface area (Å²) in [5.74, 6) is 0. The number of hydrogen-bond acceptors (Lipinski definition) is 2. The minimum absolute atomic E-state index is 0.121. The van der Waals surface area contributed by atoms with E-state index in [1.807, 2.05) is 0 Å². The predicted molar refractivity (Wildman–Crippen MR) is 339 cm³/mol. The van der Waals surface area contributed by atoms with Crippen LogP contribution in [0.15, 0.2) is 291 Å². The first kappa shape index (κ1) is 48.4. The highest BCUT2D eigenvalue weighted by Crippen LogP contribution is 2.60. The van der Waals surface area contributed by atoms with Crippen molar-refractivity contribution in [1.29, 1.82) is 0 Å². The second-order valence-electron chi connectivity index (χ2n) is 23.2. The van der Waals surface area contributed by atoms with Crippen molar-refractivity contribution in [2.75, 3.05) is 9.80 Å². The van der Waals surface area contributed by atoms with Gasteiger partial charge in [-0.25, -0.2) is 0 Å². The van der Waals surface area contributed by atoms with Gasteiger partial charge in [-0.1, -0.05) is 246 Å². The number of para-hydroxylation sites is 2. The van der Waals surface area contributed by atoms with Gasteiger partial charge in [-0.15, -0.1) is 0 Å². The minimum atomic E-state index is -0.678. The highest BCUT2D eigenvalue weighted by atomic mass is 15.1. The number of hydrogen-bond donors (Lipinski definition) is 0. The molecule has 15 rings (SSSR count). The number of nitrogens with zero attached hydrogens (tertiary/aromatic N) is 2. The number of rotatable bonds is 10. The van der Waals surface area contributed by atoms with Crippen LogP contribution in [0.5, 0.6) is 0 Å². The Morgan fingerprint density at radius 2 is 0.580 bits per heavy atom. The Morgan fingerprint density at radius 1 is 0.222 bits per heavy atom. The van der Waals surface area contributed by atoms with Crippen LogP contribution in [0.3, 0.4) is 0 Å². The summed E-state index contributed by atoms with van der Waals surface area (Å²) in [5.41, 5.74) is 28.7. The zero-order valence-corrected chi connectivity index (χ0v) is 46.1. The molecular weight excluding hydrogens is 977 g/mol. The van der Waals surface area contributed by atoms with Crippen molar-refractivity contribution in [3.05, 3.63) is 336 Å². The quantitative estimate of drug-likeness (QED) is 0.135. The number of anilines is 6. The third-order valence-electron chi connectivity index (χ3n) is 18.2. The average Bonchev–Trinajstić information content (AvgIpc) is 2.36. The van der Waals surface area contributed by atoms with Crippen molar-refractivity contribution in [3.8, 4) is 55.6 Å². The molecule has 1 unspecified atom stereocenters. The molecule has 0 saturated heterocycles. The second-order valence-corrected chi connectivity index (χ2v) is 23.2. The van der Waals surface area contributed by atoms with Gasteiger partial charge >= 0.3 is 0 Å². The number of benzene rings is 12. The monoisotopic (exact) mass is 1040 g/mol. The van der Waals surface area contributed by atoms with Crippen molar-refractivity contribution >= 4 is 34.1 Å². The Balaban J connectivity index is 0.917. The van der Waals surface area contributed by atoms with Gasteiger partial charge in [0.15, 0.2) is 0 Å². The smallest absolute Gasteiger partial charge is 0.0714 e. The summed E-state index contributed by atoms with van der Waals surface area (Å²) in [6.45, 7) is 9.47. The number of fused-ring (bicyclic) bond motifs is 9. The van der Waals surface area contributed by atoms with E-state index >= 15 is 0 Å². The van der Waals surface area contributed by atoms with Crippen LogP contribution >= 0.6 is 0 Å². The van der Waals surface area contributed by atoms with Gasteiger partial charge in [0, 0.05) is 45.0 Å². The summed E-state index contributed by atoms with van der Waals surface area (Å²) in [7, 11) is 0. The maximum atomic E-state index is 2.51. The van der Waals surface area contributed by atoms with E-state index in [2.05, 4.69) is 329 Å². The van der Waals surface area contributed by atoms with Gasteiger partial charge < -0.3 is 9.80 Å². The van der Waals surface area contributed by atoms with Gasteiger partial charge in [0.05, 0.1) is 5.41 Å². The Morgan fingerprint density at radius 3 is 1.12 bits per heavy atom. The van der Waals surface area contributed by atoms with E-state index in [4.69, 9.17) is 0 Å². The largest absolute Gasteiger partial charge is 0.310 e. The summed E-state index contributed by atoms with van der Waals surface area (Å²) in [6, 6.07) is 109. The van der Waals surface area contributed by atoms with Crippen LogP contribution in [0.1, 0.15) is 72.2 Å². The molecule has 2 heteroatoms. The first-order valence-electron chi connectivity index (χ1n) is 28.5. The second kappa shape index (κ2) is 18.7. The summed E-state index contributed by atoms with van der Waals surface area (Å²) >= 11 is 0. The molecule has 2 nitrogen and oxygen atoms in total. The van der Waals surface area contributed by atoms with Crippen molar-refractivity contribution in [3.63, 3.8) is 0 Å². The Bertz CT molecular complexity index is 4370. The fourth-order valence-corrected chi connectivity index (χ4v) is 14.3. The molecular formula is C79H60N2. The predicted octanol–water partition coefficient (Wildman–Crippen LogP) is 20.9. The lowest BCUT2D eigenvalue weighted by molar-refractivity contribution is 0.660. The molecule has 0 aromatic heterocycles. The maximum absolute atomic E-state index is 2.51. The molecule has 0 spiro atoms.